The largest absolute Gasteiger partial charge is 0.147 e. The summed E-state index contributed by atoms with van der Waals surface area (Å²) < 4.78 is 8.88. The average Bonchev–Trinajstić information content (AvgIpc) is 2.85. The van der Waals surface area contributed by atoms with Crippen LogP contribution in [0.25, 0.3) is 0 Å². The molecule has 0 nitrogen and oxygen atoms in total. The van der Waals surface area contributed by atoms with Gasteiger partial charge in [0.15, 0.2) is 0 Å². The number of hydrogen-bond donors (Lipinski definition) is 0. The normalized spacial score (nSPS) is 22.8. The molecule has 2 rings (SSSR count). The number of allylic oxidation sites excluding steroid dienone is 8. The summed E-state index contributed by atoms with van der Waals surface area (Å²) in [4.78, 5) is 0. The van der Waals surface area contributed by atoms with Gasteiger partial charge in [0.2, 0.25) is 0 Å². The van der Waals surface area contributed by atoms with E-state index in [2.05, 4.69) is 62.2 Å². The van der Waals surface area contributed by atoms with Crippen molar-refractivity contribution in [3.05, 3.63) is 41.6 Å². The molecule has 4 heteroatoms. The molecule has 0 bridgehead atoms. The van der Waals surface area contributed by atoms with E-state index in [4.69, 9.17) is 0 Å². The summed E-state index contributed by atoms with van der Waals surface area (Å²) in [6.07, 6.45) is 8.20. The second-order valence-corrected chi connectivity index (χ2v) is 48.0. The van der Waals surface area contributed by atoms with Crippen LogP contribution in [0, 0.1) is 5.92 Å². The molecule has 0 aromatic heterocycles. The van der Waals surface area contributed by atoms with Gasteiger partial charge in [-0.25, -0.2) is 0 Å². The van der Waals surface area contributed by atoms with Gasteiger partial charge < -0.3 is 0 Å². The van der Waals surface area contributed by atoms with Crippen LogP contribution in [0.2, 0.25) is 9.36 Å². The van der Waals surface area contributed by atoms with E-state index in [9.17, 15) is 0 Å². The number of halogens is 2. The topological polar surface area (TPSA) is 0 Å². The standard InChI is InChI=1S/C9H13.C5H5.2CH3.2ClH.Hf.H2Si/c1-6-5-7(2)9(4)8(6)3;1-2-4-5-3-1;;;;;;/h6H,1-4H3;1-3H,4H2;2*1H3;2*1H;;1H2. The first-order valence-corrected chi connectivity index (χ1v) is 26.1. The van der Waals surface area contributed by atoms with Crippen LogP contribution in [0.3, 0.4) is 0 Å². The second-order valence-electron chi connectivity index (χ2n) is 7.08. The quantitative estimate of drug-likeness (QED) is 0.456. The van der Waals surface area contributed by atoms with E-state index in [1.54, 1.807) is 20.0 Å². The van der Waals surface area contributed by atoms with Gasteiger partial charge in [0.1, 0.15) is 0 Å². The minimum absolute atomic E-state index is 0. The first kappa shape index (κ1) is 20.6. The van der Waals surface area contributed by atoms with Crippen LogP contribution in [0.5, 0.6) is 0 Å². The molecule has 2 aliphatic rings. The fraction of sp³-hybridized carbons (Fsp3) is 0.500. The first-order chi connectivity index (χ1) is 8.15. The van der Waals surface area contributed by atoms with Gasteiger partial charge >= 0.3 is 115 Å². The Kier molecular flexibility index (Phi) is 6.60. The molecule has 20 heavy (non-hydrogen) atoms. The summed E-state index contributed by atoms with van der Waals surface area (Å²) in [5.41, 5.74) is 4.78. The van der Waals surface area contributed by atoms with Crippen LogP contribution >= 0.6 is 24.8 Å². The molecule has 1 atom stereocenters. The Morgan fingerprint density at radius 2 is 1.65 bits per heavy atom. The van der Waals surface area contributed by atoms with E-state index in [-0.39, 0.29) is 24.8 Å². The Morgan fingerprint density at radius 3 is 2.00 bits per heavy atom. The van der Waals surface area contributed by atoms with Crippen LogP contribution in [0.1, 0.15) is 34.1 Å². The van der Waals surface area contributed by atoms with E-state index >= 15 is 0 Å². The maximum atomic E-state index is 2.63. The summed E-state index contributed by atoms with van der Waals surface area (Å²) in [5.74, 6) is 0.675. The molecule has 114 valence electrons. The van der Waals surface area contributed by atoms with Gasteiger partial charge in [0, 0.05) is 0 Å². The number of rotatable bonds is 2. The molecular weight excluding hydrogens is 470 g/mol. The predicted octanol–water partition coefficient (Wildman–Crippen LogP) is 5.27. The molecule has 0 radical (unpaired) electrons. The molecule has 0 saturated carbocycles. The third-order valence-corrected chi connectivity index (χ3v) is 30.0. The van der Waals surface area contributed by atoms with E-state index in [0.29, 0.717) is 5.92 Å². The van der Waals surface area contributed by atoms with Crippen molar-refractivity contribution < 1.29 is 17.1 Å². The molecule has 0 saturated heterocycles. The molecule has 0 aromatic rings. The van der Waals surface area contributed by atoms with Crippen molar-refractivity contribution in [3.63, 3.8) is 0 Å². The van der Waals surface area contributed by atoms with Crippen LogP contribution in [-0.4, -0.2) is 6.94 Å². The van der Waals surface area contributed by atoms with Gasteiger partial charge in [0.25, 0.3) is 0 Å². The summed E-state index contributed by atoms with van der Waals surface area (Å²) >= 11 is -2.99. The van der Waals surface area contributed by atoms with Crippen LogP contribution < -0.4 is 0 Å². The summed E-state index contributed by atoms with van der Waals surface area (Å²) in [6.45, 7) is 11.8. The van der Waals surface area contributed by atoms with Crippen molar-refractivity contribution >= 4 is 31.8 Å². The molecule has 0 aliphatic heterocycles. The fourth-order valence-corrected chi connectivity index (χ4v) is 27.7. The minimum atomic E-state index is -2.99. The summed E-state index contributed by atoms with van der Waals surface area (Å²) in [5, 5.41) is 0. The first-order valence-electron chi connectivity index (χ1n) is 6.98. The van der Waals surface area contributed by atoms with E-state index in [1.807, 2.05) is 3.33 Å². The zero-order chi connectivity index (χ0) is 13.7. The van der Waals surface area contributed by atoms with Gasteiger partial charge in [-0.2, -0.15) is 0 Å². The van der Waals surface area contributed by atoms with Crippen LogP contribution in [0.4, 0.5) is 0 Å². The maximum absolute atomic E-state index is 2.99. The van der Waals surface area contributed by atoms with Gasteiger partial charge in [0.05, 0.1) is 0 Å². The molecule has 0 fully saturated rings. The van der Waals surface area contributed by atoms with E-state index in [0.717, 1.165) is 0 Å². The van der Waals surface area contributed by atoms with E-state index in [1.165, 1.54) is 6.42 Å². The zero-order valence-corrected chi connectivity index (χ0v) is 20.2. The van der Waals surface area contributed by atoms with Crippen molar-refractivity contribution in [1.29, 1.82) is 0 Å². The van der Waals surface area contributed by atoms with Gasteiger partial charge in [-0.3, -0.25) is 0 Å². The second kappa shape index (κ2) is 6.40. The minimum Gasteiger partial charge on any atom is -0.147 e. The maximum Gasteiger partial charge on any atom is -0.147 e. The van der Waals surface area contributed by atoms with Crippen LogP contribution in [-0.2, 0) is 17.1 Å². The summed E-state index contributed by atoms with van der Waals surface area (Å²) in [7, 11) is 0. The third kappa shape index (κ3) is 3.04. The molecule has 0 aromatic carbocycles. The SMILES string of the molecule is CC1=C(C)C(C)[C]([Hf]([CH3])([CH3])(=[SiH2])[C]2=CC=CC2)=C1C.Cl.Cl. The van der Waals surface area contributed by atoms with Gasteiger partial charge in [-0.15, -0.1) is 24.8 Å². The van der Waals surface area contributed by atoms with Crippen molar-refractivity contribution in [2.75, 3.05) is 0 Å². The Balaban J connectivity index is 0.00000180. The van der Waals surface area contributed by atoms with Crippen molar-refractivity contribution in [2.24, 2.45) is 5.92 Å². The Morgan fingerprint density at radius 1 is 1.10 bits per heavy atom. The smallest absolute Gasteiger partial charge is 0.147 e. The predicted molar refractivity (Wildman–Crippen MR) is 96.8 cm³/mol. The van der Waals surface area contributed by atoms with Gasteiger partial charge in [-0.05, 0) is 0 Å². The molecular formula is C16H28Cl2HfSi. The van der Waals surface area contributed by atoms with Gasteiger partial charge in [-0.1, -0.05) is 0 Å². The molecule has 2 aliphatic carbocycles. The fourth-order valence-electron chi connectivity index (χ4n) is 3.87. The molecule has 0 spiro atoms. The molecule has 0 amide bonds. The van der Waals surface area contributed by atoms with E-state index < -0.39 is 17.1 Å². The number of hydrogen-bond acceptors (Lipinski definition) is 0. The molecule has 0 N–H and O–H groups in total. The average molecular weight is 498 g/mol. The summed E-state index contributed by atoms with van der Waals surface area (Å²) in [6, 6.07) is 0. The van der Waals surface area contributed by atoms with Crippen molar-refractivity contribution in [1.82, 2.24) is 0 Å². The Hall–Kier alpha value is 0.627. The third-order valence-electron chi connectivity index (χ3n) is 5.31. The Labute approximate surface area is 139 Å². The molecule has 0 heterocycles. The van der Waals surface area contributed by atoms with Crippen molar-refractivity contribution in [2.45, 2.75) is 43.5 Å². The molecule has 1 unspecified atom stereocenters. The zero-order valence-electron chi connectivity index (χ0n) is 13.5. The van der Waals surface area contributed by atoms with Crippen LogP contribution in [0.15, 0.2) is 41.6 Å². The monoisotopic (exact) mass is 498 g/mol. The van der Waals surface area contributed by atoms with Crippen molar-refractivity contribution in [3.8, 4) is 0 Å². The Bertz CT molecular complexity index is 600.